The van der Waals surface area contributed by atoms with E-state index in [1.807, 2.05) is 6.92 Å². The zero-order chi connectivity index (χ0) is 15.9. The molecule has 0 bridgehead atoms. The summed E-state index contributed by atoms with van der Waals surface area (Å²) >= 11 is 0. The van der Waals surface area contributed by atoms with Crippen LogP contribution in [0.25, 0.3) is 0 Å². The molecule has 0 aliphatic heterocycles. The first kappa shape index (κ1) is 15.9. The minimum Gasteiger partial charge on any atom is -0.338 e. The van der Waals surface area contributed by atoms with E-state index in [-0.39, 0.29) is 11.6 Å². The smallest absolute Gasteiger partial charge is 0.224 e. The Bertz CT molecular complexity index is 644. The van der Waals surface area contributed by atoms with E-state index in [2.05, 4.69) is 15.6 Å². The van der Waals surface area contributed by atoms with E-state index >= 15 is 0 Å². The number of amides is 1. The van der Waals surface area contributed by atoms with Crippen molar-refractivity contribution in [2.45, 2.75) is 26.2 Å². The van der Waals surface area contributed by atoms with Crippen molar-refractivity contribution in [3.05, 3.63) is 48.2 Å². The Morgan fingerprint density at radius 1 is 1.23 bits per heavy atom. The van der Waals surface area contributed by atoms with Crippen LogP contribution in [-0.2, 0) is 4.79 Å². The predicted molar refractivity (Wildman–Crippen MR) is 82.0 cm³/mol. The molecule has 1 heterocycles. The fourth-order valence-corrected chi connectivity index (χ4v) is 1.83. The summed E-state index contributed by atoms with van der Waals surface area (Å²) in [4.78, 5) is 15.7. The molecule has 2 aromatic rings. The van der Waals surface area contributed by atoms with Crippen LogP contribution in [-0.4, -0.2) is 10.9 Å². The molecule has 0 saturated carbocycles. The summed E-state index contributed by atoms with van der Waals surface area (Å²) in [5.74, 6) is -0.995. The summed E-state index contributed by atoms with van der Waals surface area (Å²) in [5, 5.41) is 5.48. The van der Waals surface area contributed by atoms with E-state index in [4.69, 9.17) is 0 Å². The van der Waals surface area contributed by atoms with Gasteiger partial charge in [0.2, 0.25) is 5.91 Å². The Morgan fingerprint density at radius 2 is 2.05 bits per heavy atom. The lowest BCUT2D eigenvalue weighted by Crippen LogP contribution is -2.11. The number of unbranched alkanes of at least 4 members (excludes halogenated alkanes) is 1. The van der Waals surface area contributed by atoms with Gasteiger partial charge in [0.1, 0.15) is 17.5 Å². The Morgan fingerprint density at radius 3 is 2.68 bits per heavy atom. The van der Waals surface area contributed by atoms with Gasteiger partial charge in [0, 0.05) is 12.5 Å². The van der Waals surface area contributed by atoms with Crippen molar-refractivity contribution in [3.8, 4) is 0 Å². The normalized spacial score (nSPS) is 10.3. The maximum absolute atomic E-state index is 13.5. The monoisotopic (exact) mass is 305 g/mol. The molecule has 1 aromatic carbocycles. The van der Waals surface area contributed by atoms with Crippen LogP contribution in [0.3, 0.4) is 0 Å². The number of rotatable bonds is 6. The average molecular weight is 305 g/mol. The second-order valence-electron chi connectivity index (χ2n) is 4.83. The molecule has 0 atom stereocenters. The van der Waals surface area contributed by atoms with Gasteiger partial charge in [-0.15, -0.1) is 0 Å². The SMILES string of the molecule is CCCCC(=O)Nc1ccc(Nc2ccc(F)cc2F)nc1. The molecule has 0 fully saturated rings. The van der Waals surface area contributed by atoms with E-state index in [1.165, 1.54) is 12.3 Å². The summed E-state index contributed by atoms with van der Waals surface area (Å²) < 4.78 is 26.3. The lowest BCUT2D eigenvalue weighted by atomic mass is 10.2. The van der Waals surface area contributed by atoms with Crippen LogP contribution in [0.5, 0.6) is 0 Å². The highest BCUT2D eigenvalue weighted by atomic mass is 19.1. The Labute approximate surface area is 127 Å². The first-order chi connectivity index (χ1) is 10.6. The summed E-state index contributed by atoms with van der Waals surface area (Å²) in [5.41, 5.74) is 0.708. The van der Waals surface area contributed by atoms with Crippen LogP contribution in [0.4, 0.5) is 26.0 Å². The summed E-state index contributed by atoms with van der Waals surface area (Å²) in [6, 6.07) is 6.53. The number of carbonyl (C=O) groups excluding carboxylic acids is 1. The lowest BCUT2D eigenvalue weighted by Gasteiger charge is -2.08. The quantitative estimate of drug-likeness (QED) is 0.839. The molecule has 0 unspecified atom stereocenters. The van der Waals surface area contributed by atoms with E-state index in [1.54, 1.807) is 12.1 Å². The molecule has 0 spiro atoms. The fraction of sp³-hybridized carbons (Fsp3) is 0.250. The van der Waals surface area contributed by atoms with Crippen molar-refractivity contribution < 1.29 is 13.6 Å². The van der Waals surface area contributed by atoms with Crippen LogP contribution in [0, 0.1) is 11.6 Å². The molecule has 6 heteroatoms. The number of hydrogen-bond donors (Lipinski definition) is 2. The van der Waals surface area contributed by atoms with Gasteiger partial charge < -0.3 is 10.6 Å². The van der Waals surface area contributed by atoms with Gasteiger partial charge in [-0.2, -0.15) is 0 Å². The van der Waals surface area contributed by atoms with Crippen LogP contribution in [0.15, 0.2) is 36.5 Å². The zero-order valence-corrected chi connectivity index (χ0v) is 12.2. The van der Waals surface area contributed by atoms with Crippen LogP contribution in [0.1, 0.15) is 26.2 Å². The number of pyridine rings is 1. The van der Waals surface area contributed by atoms with E-state index in [9.17, 15) is 13.6 Å². The third-order valence-electron chi connectivity index (χ3n) is 3.00. The second-order valence-corrected chi connectivity index (χ2v) is 4.83. The second kappa shape index (κ2) is 7.49. The third-order valence-corrected chi connectivity index (χ3v) is 3.00. The van der Waals surface area contributed by atoms with Crippen molar-refractivity contribution in [1.82, 2.24) is 4.98 Å². The number of carbonyl (C=O) groups is 1. The van der Waals surface area contributed by atoms with Gasteiger partial charge in [-0.3, -0.25) is 4.79 Å². The number of nitrogens with zero attached hydrogens (tertiary/aromatic N) is 1. The number of halogens is 2. The van der Waals surface area contributed by atoms with Crippen molar-refractivity contribution in [2.24, 2.45) is 0 Å². The highest BCUT2D eigenvalue weighted by molar-refractivity contribution is 5.90. The molecule has 2 rings (SSSR count). The maximum atomic E-state index is 13.5. The first-order valence-electron chi connectivity index (χ1n) is 7.06. The van der Waals surface area contributed by atoms with Gasteiger partial charge in [0.15, 0.2) is 0 Å². The van der Waals surface area contributed by atoms with Gasteiger partial charge in [-0.05, 0) is 30.7 Å². The van der Waals surface area contributed by atoms with Crippen molar-refractivity contribution in [2.75, 3.05) is 10.6 Å². The minimum absolute atomic E-state index is 0.0612. The van der Waals surface area contributed by atoms with Crippen LogP contribution in [0.2, 0.25) is 0 Å². The largest absolute Gasteiger partial charge is 0.338 e. The van der Waals surface area contributed by atoms with Gasteiger partial charge in [0.25, 0.3) is 0 Å². The van der Waals surface area contributed by atoms with E-state index < -0.39 is 11.6 Å². The summed E-state index contributed by atoms with van der Waals surface area (Å²) in [6.45, 7) is 2.02. The third kappa shape index (κ3) is 4.51. The molecule has 1 amide bonds. The molecule has 0 radical (unpaired) electrons. The molecule has 0 saturated heterocycles. The van der Waals surface area contributed by atoms with Crippen molar-refractivity contribution >= 4 is 23.1 Å². The van der Waals surface area contributed by atoms with Gasteiger partial charge in [0.05, 0.1) is 17.6 Å². The van der Waals surface area contributed by atoms with Crippen LogP contribution < -0.4 is 10.6 Å². The molecule has 0 aliphatic carbocycles. The Hall–Kier alpha value is -2.50. The number of aromatic nitrogens is 1. The summed E-state index contributed by atoms with van der Waals surface area (Å²) in [7, 11) is 0. The van der Waals surface area contributed by atoms with E-state index in [0.29, 0.717) is 17.9 Å². The van der Waals surface area contributed by atoms with Gasteiger partial charge in [-0.1, -0.05) is 13.3 Å². The first-order valence-corrected chi connectivity index (χ1v) is 7.06. The van der Waals surface area contributed by atoms with Crippen molar-refractivity contribution in [1.29, 1.82) is 0 Å². The van der Waals surface area contributed by atoms with E-state index in [0.717, 1.165) is 25.0 Å². The maximum Gasteiger partial charge on any atom is 0.224 e. The number of nitrogens with one attached hydrogen (secondary N) is 2. The van der Waals surface area contributed by atoms with Crippen molar-refractivity contribution in [3.63, 3.8) is 0 Å². The average Bonchev–Trinajstić information content (AvgIpc) is 2.50. The number of benzene rings is 1. The molecule has 22 heavy (non-hydrogen) atoms. The molecular formula is C16H17F2N3O. The topological polar surface area (TPSA) is 54.0 Å². The number of hydrogen-bond acceptors (Lipinski definition) is 3. The molecule has 0 aliphatic rings. The number of anilines is 3. The van der Waals surface area contributed by atoms with Gasteiger partial charge >= 0.3 is 0 Å². The molecule has 116 valence electrons. The highest BCUT2D eigenvalue weighted by Gasteiger charge is 2.06. The fourth-order valence-electron chi connectivity index (χ4n) is 1.83. The van der Waals surface area contributed by atoms with Gasteiger partial charge in [-0.25, -0.2) is 13.8 Å². The lowest BCUT2D eigenvalue weighted by molar-refractivity contribution is -0.116. The van der Waals surface area contributed by atoms with Crippen LogP contribution >= 0.6 is 0 Å². The molecule has 4 nitrogen and oxygen atoms in total. The highest BCUT2D eigenvalue weighted by Crippen LogP contribution is 2.20. The Balaban J connectivity index is 1.98. The standard InChI is InChI=1S/C16H17F2N3O/c1-2-3-4-16(22)20-12-6-8-15(19-10-12)21-14-7-5-11(17)9-13(14)18/h5-10H,2-4H2,1H3,(H,19,21)(H,20,22). The predicted octanol–water partition coefficient (Wildman–Crippen LogP) is 4.23. The summed E-state index contributed by atoms with van der Waals surface area (Å²) in [6.07, 6.45) is 3.74. The molecular weight excluding hydrogens is 288 g/mol. The molecule has 1 aromatic heterocycles. The molecule has 2 N–H and O–H groups in total. The minimum atomic E-state index is -0.696. The zero-order valence-electron chi connectivity index (χ0n) is 12.2. The Kier molecular flexibility index (Phi) is 5.41.